The summed E-state index contributed by atoms with van der Waals surface area (Å²) in [4.78, 5) is 1.36. The normalized spacial score (nSPS) is 34.2. The Morgan fingerprint density at radius 2 is 1.74 bits per heavy atom. The Balaban J connectivity index is 1.41. The standard InChI is InChI=1S/C30H35ClO3S/c1-3-19-16-24(29(33)30(34)28(19)32)20-9-11-25(31)22(15-20)13-18-8-10-23-17(2)12-21-6-4-5-7-26(21)35-27(23)14-18/h4-11,14-15,17,19,21,24,26,28-30,32-34H,3,12-13,16H2,1-2H3. The molecule has 1 fully saturated rings. The average molecular weight is 511 g/mol. The molecule has 0 amide bonds. The topological polar surface area (TPSA) is 60.7 Å². The zero-order valence-electron chi connectivity index (χ0n) is 20.3. The van der Waals surface area contributed by atoms with Gasteiger partial charge in [-0.05, 0) is 71.4 Å². The molecule has 2 aromatic rings. The number of fused-ring (bicyclic) bond motifs is 2. The highest BCUT2D eigenvalue weighted by Crippen LogP contribution is 2.45. The van der Waals surface area contributed by atoms with Gasteiger partial charge in [-0.25, -0.2) is 0 Å². The van der Waals surface area contributed by atoms with Crippen LogP contribution in [0.5, 0.6) is 0 Å². The van der Waals surface area contributed by atoms with Crippen LogP contribution < -0.4 is 0 Å². The summed E-state index contributed by atoms with van der Waals surface area (Å²) >= 11 is 8.61. The molecule has 0 radical (unpaired) electrons. The van der Waals surface area contributed by atoms with Gasteiger partial charge < -0.3 is 15.3 Å². The average Bonchev–Trinajstić information content (AvgIpc) is 2.99. The Bertz CT molecular complexity index is 1130. The first-order valence-electron chi connectivity index (χ1n) is 12.8. The lowest BCUT2D eigenvalue weighted by Gasteiger charge is -2.40. The molecule has 0 spiro atoms. The third kappa shape index (κ3) is 5.01. The molecule has 3 aliphatic rings. The largest absolute Gasteiger partial charge is 0.390 e. The molecule has 35 heavy (non-hydrogen) atoms. The van der Waals surface area contributed by atoms with Crippen molar-refractivity contribution in [1.82, 2.24) is 0 Å². The molecule has 2 aliphatic carbocycles. The SMILES string of the molecule is CCC1CC(c2ccc(Cl)c(Cc3ccc4c(c3)SC3C=CC=CC3CC4C)c2)C(O)C(O)C1O. The van der Waals surface area contributed by atoms with Crippen molar-refractivity contribution in [2.45, 2.75) is 79.8 Å². The van der Waals surface area contributed by atoms with Gasteiger partial charge in [-0.2, -0.15) is 0 Å². The monoisotopic (exact) mass is 510 g/mol. The van der Waals surface area contributed by atoms with Crippen molar-refractivity contribution in [2.24, 2.45) is 11.8 Å². The first-order valence-corrected chi connectivity index (χ1v) is 14.1. The van der Waals surface area contributed by atoms with Crippen molar-refractivity contribution in [2.75, 3.05) is 0 Å². The van der Waals surface area contributed by atoms with E-state index in [2.05, 4.69) is 55.5 Å². The van der Waals surface area contributed by atoms with Gasteiger partial charge in [0.25, 0.3) is 0 Å². The van der Waals surface area contributed by atoms with Crippen LogP contribution in [0.15, 0.2) is 65.6 Å². The van der Waals surface area contributed by atoms with Crippen molar-refractivity contribution in [3.8, 4) is 0 Å². The van der Waals surface area contributed by atoms with Crippen molar-refractivity contribution < 1.29 is 15.3 Å². The number of benzene rings is 2. The number of hydrogen-bond acceptors (Lipinski definition) is 4. The highest BCUT2D eigenvalue weighted by molar-refractivity contribution is 8.00. The van der Waals surface area contributed by atoms with Gasteiger partial charge in [0, 0.05) is 21.1 Å². The third-order valence-corrected chi connectivity index (χ3v) is 10.0. The number of aliphatic hydroxyl groups excluding tert-OH is 3. The van der Waals surface area contributed by atoms with Crippen LogP contribution in [0, 0.1) is 11.8 Å². The first kappa shape index (κ1) is 25.1. The fraction of sp³-hybridized carbons (Fsp3) is 0.467. The van der Waals surface area contributed by atoms with Crippen molar-refractivity contribution >= 4 is 23.4 Å². The number of allylic oxidation sites excluding steroid dienone is 3. The van der Waals surface area contributed by atoms with Gasteiger partial charge in [0.2, 0.25) is 0 Å². The van der Waals surface area contributed by atoms with E-state index in [0.29, 0.717) is 35.0 Å². The van der Waals surface area contributed by atoms with Gasteiger partial charge in [0.15, 0.2) is 0 Å². The Kier molecular flexibility index (Phi) is 7.48. The van der Waals surface area contributed by atoms with Crippen LogP contribution in [0.25, 0.3) is 0 Å². The van der Waals surface area contributed by atoms with Gasteiger partial charge in [-0.3, -0.25) is 0 Å². The van der Waals surface area contributed by atoms with Gasteiger partial charge in [0.1, 0.15) is 6.10 Å². The predicted molar refractivity (Wildman–Crippen MR) is 144 cm³/mol. The molecule has 1 saturated carbocycles. The molecule has 0 bridgehead atoms. The lowest BCUT2D eigenvalue weighted by molar-refractivity contribution is -0.120. The van der Waals surface area contributed by atoms with Gasteiger partial charge >= 0.3 is 0 Å². The van der Waals surface area contributed by atoms with Crippen LogP contribution in [0.2, 0.25) is 5.02 Å². The lowest BCUT2D eigenvalue weighted by Crippen LogP contribution is -2.50. The molecule has 3 nitrogen and oxygen atoms in total. The summed E-state index contributed by atoms with van der Waals surface area (Å²) in [6, 6.07) is 12.8. The van der Waals surface area contributed by atoms with Crippen molar-refractivity contribution in [3.63, 3.8) is 0 Å². The molecule has 1 heterocycles. The fourth-order valence-corrected chi connectivity index (χ4v) is 7.75. The number of halogens is 1. The number of aliphatic hydroxyl groups is 3. The number of thioether (sulfide) groups is 1. The molecule has 186 valence electrons. The van der Waals surface area contributed by atoms with Crippen molar-refractivity contribution in [3.05, 3.63) is 88.0 Å². The predicted octanol–water partition coefficient (Wildman–Crippen LogP) is 6.24. The summed E-state index contributed by atoms with van der Waals surface area (Å²) in [5, 5.41) is 32.7. The maximum absolute atomic E-state index is 10.7. The minimum absolute atomic E-state index is 0.0337. The van der Waals surface area contributed by atoms with Gasteiger partial charge in [0.05, 0.1) is 12.2 Å². The molecular formula is C30H35ClO3S. The van der Waals surface area contributed by atoms with Gasteiger partial charge in [-0.1, -0.05) is 80.4 Å². The van der Waals surface area contributed by atoms with E-state index >= 15 is 0 Å². The Morgan fingerprint density at radius 1 is 0.943 bits per heavy atom. The van der Waals surface area contributed by atoms with Crippen LogP contribution in [-0.2, 0) is 6.42 Å². The summed E-state index contributed by atoms with van der Waals surface area (Å²) < 4.78 is 0. The fourth-order valence-electron chi connectivity index (χ4n) is 6.10. The molecule has 8 atom stereocenters. The smallest absolute Gasteiger partial charge is 0.107 e. The highest BCUT2D eigenvalue weighted by atomic mass is 35.5. The summed E-state index contributed by atoms with van der Waals surface area (Å²) in [6.45, 7) is 4.35. The summed E-state index contributed by atoms with van der Waals surface area (Å²) in [6.07, 6.45) is 9.31. The molecule has 0 aromatic heterocycles. The maximum atomic E-state index is 10.7. The van der Waals surface area contributed by atoms with Gasteiger partial charge in [-0.15, -0.1) is 11.8 Å². The van der Waals surface area contributed by atoms with E-state index in [9.17, 15) is 15.3 Å². The molecule has 2 aromatic carbocycles. The van der Waals surface area contributed by atoms with Crippen LogP contribution in [0.1, 0.15) is 67.2 Å². The quantitative estimate of drug-likeness (QED) is 0.456. The van der Waals surface area contributed by atoms with Crippen LogP contribution in [0.4, 0.5) is 0 Å². The van der Waals surface area contributed by atoms with E-state index in [4.69, 9.17) is 11.6 Å². The zero-order valence-corrected chi connectivity index (χ0v) is 21.9. The summed E-state index contributed by atoms with van der Waals surface area (Å²) in [7, 11) is 0. The zero-order chi connectivity index (χ0) is 24.7. The third-order valence-electron chi connectivity index (χ3n) is 8.26. The summed E-state index contributed by atoms with van der Waals surface area (Å²) in [5.41, 5.74) is 4.65. The second-order valence-electron chi connectivity index (χ2n) is 10.5. The molecule has 8 unspecified atom stereocenters. The van der Waals surface area contributed by atoms with E-state index in [1.807, 2.05) is 30.8 Å². The van der Waals surface area contributed by atoms with E-state index < -0.39 is 18.3 Å². The van der Waals surface area contributed by atoms with Crippen LogP contribution in [-0.4, -0.2) is 38.9 Å². The van der Waals surface area contributed by atoms with Crippen LogP contribution >= 0.6 is 23.4 Å². The highest BCUT2D eigenvalue weighted by Gasteiger charge is 2.42. The molecule has 0 saturated heterocycles. The molecule has 1 aliphatic heterocycles. The van der Waals surface area contributed by atoms with E-state index in [0.717, 1.165) is 17.5 Å². The second-order valence-corrected chi connectivity index (χ2v) is 12.2. The molecule has 5 heteroatoms. The number of hydrogen-bond donors (Lipinski definition) is 3. The first-order chi connectivity index (χ1) is 16.9. The van der Waals surface area contributed by atoms with E-state index in [1.54, 1.807) is 0 Å². The minimum atomic E-state index is -1.13. The van der Waals surface area contributed by atoms with Crippen molar-refractivity contribution in [1.29, 1.82) is 0 Å². The minimum Gasteiger partial charge on any atom is -0.390 e. The van der Waals surface area contributed by atoms with Crippen LogP contribution in [0.3, 0.4) is 0 Å². The second kappa shape index (κ2) is 10.4. The van der Waals surface area contributed by atoms with E-state index in [1.165, 1.54) is 22.4 Å². The molecular weight excluding hydrogens is 476 g/mol. The number of rotatable bonds is 4. The maximum Gasteiger partial charge on any atom is 0.107 e. The Morgan fingerprint density at radius 3 is 2.54 bits per heavy atom. The Labute approximate surface area is 217 Å². The lowest BCUT2D eigenvalue weighted by atomic mass is 9.72. The molecule has 3 N–H and O–H groups in total. The molecule has 5 rings (SSSR count). The summed E-state index contributed by atoms with van der Waals surface area (Å²) in [5.74, 6) is 0.838. The Hall–Kier alpha value is -1.56. The van der Waals surface area contributed by atoms with E-state index in [-0.39, 0.29) is 11.8 Å².